The molecule has 3 aromatic rings. The third-order valence-electron chi connectivity index (χ3n) is 4.25. The fourth-order valence-electron chi connectivity index (χ4n) is 2.73. The summed E-state index contributed by atoms with van der Waals surface area (Å²) in [6, 6.07) is 20.5. The van der Waals surface area contributed by atoms with E-state index in [1.807, 2.05) is 35.8 Å². The Balaban J connectivity index is 1.64. The Kier molecular flexibility index (Phi) is 7.05. The average molecular weight is 433 g/mol. The van der Waals surface area contributed by atoms with Crippen molar-refractivity contribution in [2.24, 2.45) is 5.84 Å². The minimum atomic E-state index is -0.631. The highest BCUT2D eigenvalue weighted by atomic mass is 32.1. The van der Waals surface area contributed by atoms with Crippen LogP contribution in [-0.2, 0) is 0 Å². The van der Waals surface area contributed by atoms with Gasteiger partial charge >= 0.3 is 0 Å². The number of nitrogens with two attached hydrogens (primary N) is 1. The standard InChI is InChI=1S/C22H19N5O3S/c23-27-21(30)19-12-18(11-8-15(19)13-28)24-20(29)14-6-9-17(10-7-14)26-22(31)25-16-4-2-1-3-5-16/h1-13H,23H2,(H,24,29)(H,27,30)(H2,25,26,31). The topological polar surface area (TPSA) is 125 Å². The monoisotopic (exact) mass is 433 g/mol. The molecule has 0 fully saturated rings. The molecule has 0 radical (unpaired) electrons. The van der Waals surface area contributed by atoms with Gasteiger partial charge in [-0.3, -0.25) is 19.8 Å². The van der Waals surface area contributed by atoms with E-state index in [4.69, 9.17) is 18.1 Å². The van der Waals surface area contributed by atoms with Crippen LogP contribution < -0.4 is 27.2 Å². The summed E-state index contributed by atoms with van der Waals surface area (Å²) in [5, 5.41) is 9.22. The van der Waals surface area contributed by atoms with E-state index in [1.54, 1.807) is 24.3 Å². The number of carbonyl (C=O) groups excluding carboxylic acids is 3. The molecule has 3 aromatic carbocycles. The molecule has 6 N–H and O–H groups in total. The van der Waals surface area contributed by atoms with Crippen molar-refractivity contribution in [2.45, 2.75) is 0 Å². The number of para-hydroxylation sites is 1. The Morgan fingerprint density at radius 2 is 1.39 bits per heavy atom. The number of thiocarbonyl (C=S) groups is 1. The second kappa shape index (κ2) is 10.1. The Hall–Kier alpha value is -4.08. The van der Waals surface area contributed by atoms with Gasteiger partial charge in [-0.25, -0.2) is 5.84 Å². The molecule has 0 spiro atoms. The lowest BCUT2D eigenvalue weighted by Gasteiger charge is -2.11. The molecule has 0 heterocycles. The number of hydrogen-bond acceptors (Lipinski definition) is 5. The van der Waals surface area contributed by atoms with Gasteiger partial charge in [0.25, 0.3) is 11.8 Å². The van der Waals surface area contributed by atoms with E-state index in [2.05, 4.69) is 16.0 Å². The highest BCUT2D eigenvalue weighted by Crippen LogP contribution is 2.17. The second-order valence-corrected chi connectivity index (χ2v) is 6.78. The molecule has 3 rings (SSSR count). The number of rotatable bonds is 6. The van der Waals surface area contributed by atoms with Crippen molar-refractivity contribution >= 4 is 52.5 Å². The van der Waals surface area contributed by atoms with Crippen molar-refractivity contribution in [3.05, 3.63) is 89.5 Å². The Labute approximate surface area is 183 Å². The van der Waals surface area contributed by atoms with Gasteiger partial charge < -0.3 is 16.0 Å². The summed E-state index contributed by atoms with van der Waals surface area (Å²) in [5.74, 6) is 4.13. The van der Waals surface area contributed by atoms with Crippen LogP contribution in [0, 0.1) is 0 Å². The smallest absolute Gasteiger partial charge is 0.265 e. The fourth-order valence-corrected chi connectivity index (χ4v) is 2.97. The molecule has 0 aliphatic carbocycles. The number of hydrazine groups is 1. The number of carbonyl (C=O) groups is 3. The van der Waals surface area contributed by atoms with Crippen molar-refractivity contribution in [3.8, 4) is 0 Å². The van der Waals surface area contributed by atoms with Crippen LogP contribution in [0.3, 0.4) is 0 Å². The lowest BCUT2D eigenvalue weighted by Crippen LogP contribution is -2.31. The van der Waals surface area contributed by atoms with Crippen LogP contribution >= 0.6 is 12.2 Å². The Bertz CT molecular complexity index is 1120. The minimum absolute atomic E-state index is 0.0641. The molecular weight excluding hydrogens is 414 g/mol. The maximum atomic E-state index is 12.5. The van der Waals surface area contributed by atoms with Crippen molar-refractivity contribution < 1.29 is 14.4 Å². The van der Waals surface area contributed by atoms with Gasteiger partial charge in [-0.05, 0) is 66.8 Å². The molecule has 8 nitrogen and oxygen atoms in total. The number of nitrogens with one attached hydrogen (secondary N) is 4. The highest BCUT2D eigenvalue weighted by molar-refractivity contribution is 7.80. The van der Waals surface area contributed by atoms with E-state index >= 15 is 0 Å². The molecule has 31 heavy (non-hydrogen) atoms. The van der Waals surface area contributed by atoms with Gasteiger partial charge in [-0.2, -0.15) is 0 Å². The number of amides is 2. The van der Waals surface area contributed by atoms with Crippen molar-refractivity contribution in [3.63, 3.8) is 0 Å². The van der Waals surface area contributed by atoms with Gasteiger partial charge in [0, 0.05) is 28.2 Å². The predicted octanol–water partition coefficient (Wildman–Crippen LogP) is 3.16. The number of anilines is 3. The molecule has 0 aliphatic rings. The third-order valence-corrected chi connectivity index (χ3v) is 4.45. The van der Waals surface area contributed by atoms with Gasteiger partial charge in [0.05, 0.1) is 5.56 Å². The summed E-state index contributed by atoms with van der Waals surface area (Å²) in [6.45, 7) is 0. The molecule has 0 atom stereocenters. The first kappa shape index (κ1) is 21.6. The second-order valence-electron chi connectivity index (χ2n) is 6.37. The normalized spacial score (nSPS) is 9.97. The summed E-state index contributed by atoms with van der Waals surface area (Å²) in [5.41, 5.74) is 4.52. The number of hydrogen-bond donors (Lipinski definition) is 5. The SMILES string of the molecule is NNC(=O)c1cc(NC(=O)c2ccc(NC(=S)Nc3ccccc3)cc2)ccc1C=O. The van der Waals surface area contributed by atoms with Gasteiger partial charge in [0.15, 0.2) is 11.4 Å². The van der Waals surface area contributed by atoms with E-state index in [9.17, 15) is 14.4 Å². The molecular formula is C22H19N5O3S. The molecule has 2 amide bonds. The molecule has 156 valence electrons. The maximum absolute atomic E-state index is 12.5. The summed E-state index contributed by atoms with van der Waals surface area (Å²) in [6.07, 6.45) is 0.541. The van der Waals surface area contributed by atoms with Crippen LogP contribution in [0.4, 0.5) is 17.1 Å². The number of aldehydes is 1. The fraction of sp³-hybridized carbons (Fsp3) is 0. The zero-order valence-electron chi connectivity index (χ0n) is 16.2. The molecule has 0 aliphatic heterocycles. The summed E-state index contributed by atoms with van der Waals surface area (Å²) < 4.78 is 0. The van der Waals surface area contributed by atoms with Crippen LogP contribution in [0.2, 0.25) is 0 Å². The third kappa shape index (κ3) is 5.72. The predicted molar refractivity (Wildman–Crippen MR) is 124 cm³/mol. The molecule has 0 bridgehead atoms. The van der Waals surface area contributed by atoms with Gasteiger partial charge in [-0.15, -0.1) is 0 Å². The van der Waals surface area contributed by atoms with E-state index in [1.165, 1.54) is 18.2 Å². The zero-order chi connectivity index (χ0) is 22.2. The average Bonchev–Trinajstić information content (AvgIpc) is 2.79. The first-order valence-corrected chi connectivity index (χ1v) is 9.55. The first-order chi connectivity index (χ1) is 15.0. The van der Waals surface area contributed by atoms with Crippen LogP contribution in [-0.4, -0.2) is 23.2 Å². The summed E-state index contributed by atoms with van der Waals surface area (Å²) in [7, 11) is 0. The zero-order valence-corrected chi connectivity index (χ0v) is 17.0. The number of nitrogen functional groups attached to an aromatic ring is 1. The largest absolute Gasteiger partial charge is 0.332 e. The lowest BCUT2D eigenvalue weighted by molar-refractivity contribution is 0.0947. The quantitative estimate of drug-likeness (QED) is 0.133. The molecule has 0 aromatic heterocycles. The van der Waals surface area contributed by atoms with E-state index < -0.39 is 5.91 Å². The van der Waals surface area contributed by atoms with Gasteiger partial charge in [0.1, 0.15) is 0 Å². The Morgan fingerprint density at radius 1 is 0.774 bits per heavy atom. The summed E-state index contributed by atoms with van der Waals surface area (Å²) >= 11 is 5.28. The number of benzene rings is 3. The van der Waals surface area contributed by atoms with E-state index in [0.29, 0.717) is 28.3 Å². The van der Waals surface area contributed by atoms with Gasteiger partial charge in [-0.1, -0.05) is 18.2 Å². The van der Waals surface area contributed by atoms with Crippen LogP contribution in [0.5, 0.6) is 0 Å². The highest BCUT2D eigenvalue weighted by Gasteiger charge is 2.13. The van der Waals surface area contributed by atoms with Crippen LogP contribution in [0.1, 0.15) is 31.1 Å². The van der Waals surface area contributed by atoms with Gasteiger partial charge in [0.2, 0.25) is 0 Å². The molecule has 0 saturated heterocycles. The minimum Gasteiger partial charge on any atom is -0.332 e. The van der Waals surface area contributed by atoms with Crippen LogP contribution in [0.25, 0.3) is 0 Å². The molecule has 0 unspecified atom stereocenters. The maximum Gasteiger partial charge on any atom is 0.265 e. The van der Waals surface area contributed by atoms with Crippen LogP contribution in [0.15, 0.2) is 72.8 Å². The first-order valence-electron chi connectivity index (χ1n) is 9.15. The van der Waals surface area contributed by atoms with Crippen molar-refractivity contribution in [2.75, 3.05) is 16.0 Å². The molecule has 0 saturated carbocycles. The van der Waals surface area contributed by atoms with E-state index in [-0.39, 0.29) is 17.0 Å². The van der Waals surface area contributed by atoms with Crippen molar-refractivity contribution in [1.29, 1.82) is 0 Å². The Morgan fingerprint density at radius 3 is 2.00 bits per heavy atom. The summed E-state index contributed by atoms with van der Waals surface area (Å²) in [4.78, 5) is 35.4. The lowest BCUT2D eigenvalue weighted by atomic mass is 10.1. The van der Waals surface area contributed by atoms with Crippen molar-refractivity contribution in [1.82, 2.24) is 5.43 Å². The van der Waals surface area contributed by atoms with E-state index in [0.717, 1.165) is 5.69 Å². The molecule has 9 heteroatoms.